The molecule has 4 aromatic rings. The predicted molar refractivity (Wildman–Crippen MR) is 125 cm³/mol. The van der Waals surface area contributed by atoms with Crippen LogP contribution in [0.3, 0.4) is 0 Å². The van der Waals surface area contributed by atoms with Gasteiger partial charge in [-0.3, -0.25) is 0 Å². The molecule has 0 aliphatic heterocycles. The number of oxazole rings is 1. The van der Waals surface area contributed by atoms with Crippen LogP contribution in [0, 0.1) is 6.92 Å². The lowest BCUT2D eigenvalue weighted by Gasteiger charge is -2.05. The first-order valence-electron chi connectivity index (χ1n) is 10.4. The van der Waals surface area contributed by atoms with Crippen LogP contribution in [0.15, 0.2) is 92.8 Å². The molecule has 0 fully saturated rings. The first-order valence-corrected chi connectivity index (χ1v) is 11.9. The lowest BCUT2D eigenvalue weighted by atomic mass is 10.2. The topological polar surface area (TPSA) is 112 Å². The van der Waals surface area contributed by atoms with Crippen molar-refractivity contribution in [3.05, 3.63) is 102 Å². The highest BCUT2D eigenvalue weighted by atomic mass is 32.2. The summed E-state index contributed by atoms with van der Waals surface area (Å²) in [6.45, 7) is 1.79. The van der Waals surface area contributed by atoms with Gasteiger partial charge in [0.25, 0.3) is 0 Å². The number of carbonyl (C=O) groups is 1. The second-order valence-corrected chi connectivity index (χ2v) is 9.07. The highest BCUT2D eigenvalue weighted by molar-refractivity contribution is 7.89. The number of aryl methyl sites for hydroxylation is 1. The summed E-state index contributed by atoms with van der Waals surface area (Å²) in [4.78, 5) is 16.6. The SMILES string of the molecule is Cc1oc(-c2ccccc2)nc1COC(=O)/C=C/c1ccc(S(=O)(=O)NCc2ccco2)cc1. The Balaban J connectivity index is 1.31. The van der Waals surface area contributed by atoms with Gasteiger partial charge in [-0.05, 0) is 55.0 Å². The van der Waals surface area contributed by atoms with Crippen LogP contribution in [0.4, 0.5) is 0 Å². The minimum absolute atomic E-state index is 0.0239. The number of ether oxygens (including phenoxy) is 1. The van der Waals surface area contributed by atoms with Crippen LogP contribution in [0.25, 0.3) is 17.5 Å². The Kier molecular flexibility index (Phi) is 7.05. The van der Waals surface area contributed by atoms with E-state index in [4.69, 9.17) is 13.6 Å². The van der Waals surface area contributed by atoms with Gasteiger partial charge in [-0.1, -0.05) is 30.3 Å². The Hall–Kier alpha value is -3.95. The summed E-state index contributed by atoms with van der Waals surface area (Å²) < 4.78 is 43.3. The molecule has 0 spiro atoms. The van der Waals surface area contributed by atoms with Crippen LogP contribution in [-0.4, -0.2) is 19.4 Å². The summed E-state index contributed by atoms with van der Waals surface area (Å²) in [5, 5.41) is 0. The van der Waals surface area contributed by atoms with Crippen molar-refractivity contribution < 1.29 is 26.8 Å². The van der Waals surface area contributed by atoms with Gasteiger partial charge in [-0.25, -0.2) is 22.9 Å². The molecule has 0 bridgehead atoms. The fourth-order valence-corrected chi connectivity index (χ4v) is 4.03. The van der Waals surface area contributed by atoms with Crippen molar-refractivity contribution >= 4 is 22.1 Å². The molecule has 2 heterocycles. The quantitative estimate of drug-likeness (QED) is 0.279. The van der Waals surface area contributed by atoms with E-state index < -0.39 is 16.0 Å². The number of furan rings is 1. The normalized spacial score (nSPS) is 11.7. The van der Waals surface area contributed by atoms with E-state index in [1.54, 1.807) is 37.3 Å². The molecule has 9 heteroatoms. The molecule has 4 rings (SSSR count). The van der Waals surface area contributed by atoms with Crippen LogP contribution in [0.5, 0.6) is 0 Å². The minimum Gasteiger partial charge on any atom is -0.468 e. The van der Waals surface area contributed by atoms with Crippen LogP contribution in [0.1, 0.15) is 22.8 Å². The smallest absolute Gasteiger partial charge is 0.331 e. The van der Waals surface area contributed by atoms with Gasteiger partial charge < -0.3 is 13.6 Å². The van der Waals surface area contributed by atoms with Gasteiger partial charge in [0, 0.05) is 11.6 Å². The minimum atomic E-state index is -3.69. The molecule has 0 saturated carbocycles. The summed E-state index contributed by atoms with van der Waals surface area (Å²) >= 11 is 0. The Morgan fingerprint density at radius 3 is 2.53 bits per heavy atom. The van der Waals surface area contributed by atoms with Gasteiger partial charge in [-0.2, -0.15) is 0 Å². The number of carbonyl (C=O) groups excluding carboxylic acids is 1. The van der Waals surface area contributed by atoms with Gasteiger partial charge in [0.1, 0.15) is 23.8 Å². The number of sulfonamides is 1. The lowest BCUT2D eigenvalue weighted by molar-refractivity contribution is -0.139. The van der Waals surface area contributed by atoms with Crippen LogP contribution in [0.2, 0.25) is 0 Å². The van der Waals surface area contributed by atoms with E-state index in [-0.39, 0.29) is 18.0 Å². The number of nitrogens with one attached hydrogen (secondary N) is 1. The first kappa shape index (κ1) is 23.2. The Morgan fingerprint density at radius 1 is 1.06 bits per heavy atom. The van der Waals surface area contributed by atoms with Crippen molar-refractivity contribution in [2.45, 2.75) is 25.0 Å². The first-order chi connectivity index (χ1) is 16.4. The van der Waals surface area contributed by atoms with E-state index in [1.807, 2.05) is 30.3 Å². The maximum atomic E-state index is 12.4. The molecule has 0 atom stereocenters. The number of hydrogen-bond acceptors (Lipinski definition) is 7. The summed E-state index contributed by atoms with van der Waals surface area (Å²) in [5.74, 6) is 1.00. The third-order valence-electron chi connectivity index (χ3n) is 4.88. The third kappa shape index (κ3) is 5.89. The molecule has 2 aromatic carbocycles. The molecular weight excluding hydrogens is 456 g/mol. The number of esters is 1. The Morgan fingerprint density at radius 2 is 1.82 bits per heavy atom. The van der Waals surface area contributed by atoms with Crippen molar-refractivity contribution in [3.8, 4) is 11.5 Å². The Labute approximate surface area is 196 Å². The van der Waals surface area contributed by atoms with Gasteiger partial charge in [-0.15, -0.1) is 0 Å². The Bertz CT molecular complexity index is 1370. The number of benzene rings is 2. The molecule has 0 aliphatic rings. The molecule has 0 aliphatic carbocycles. The average Bonchev–Trinajstić information content (AvgIpc) is 3.51. The van der Waals surface area contributed by atoms with E-state index in [2.05, 4.69) is 9.71 Å². The maximum Gasteiger partial charge on any atom is 0.331 e. The highest BCUT2D eigenvalue weighted by Crippen LogP contribution is 2.22. The van der Waals surface area contributed by atoms with E-state index >= 15 is 0 Å². The molecule has 174 valence electrons. The van der Waals surface area contributed by atoms with Gasteiger partial charge in [0.15, 0.2) is 0 Å². The van der Waals surface area contributed by atoms with Crippen molar-refractivity contribution in [1.82, 2.24) is 9.71 Å². The number of aromatic nitrogens is 1. The zero-order chi connectivity index (χ0) is 24.0. The average molecular weight is 479 g/mol. The molecule has 2 aromatic heterocycles. The molecule has 1 N–H and O–H groups in total. The third-order valence-corrected chi connectivity index (χ3v) is 6.30. The van der Waals surface area contributed by atoms with Gasteiger partial charge in [0.05, 0.1) is 17.7 Å². The zero-order valence-corrected chi connectivity index (χ0v) is 19.1. The van der Waals surface area contributed by atoms with E-state index in [1.165, 1.54) is 24.5 Å². The number of rotatable bonds is 9. The largest absolute Gasteiger partial charge is 0.468 e. The number of hydrogen-bond donors (Lipinski definition) is 1. The summed E-state index contributed by atoms with van der Waals surface area (Å²) in [5.41, 5.74) is 2.02. The molecule has 0 radical (unpaired) electrons. The highest BCUT2D eigenvalue weighted by Gasteiger charge is 2.14. The predicted octanol–water partition coefficient (Wildman–Crippen LogP) is 4.48. The van der Waals surface area contributed by atoms with Crippen molar-refractivity contribution in [1.29, 1.82) is 0 Å². The molecular formula is C25H22N2O6S. The van der Waals surface area contributed by atoms with Crippen molar-refractivity contribution in [2.24, 2.45) is 0 Å². The van der Waals surface area contributed by atoms with E-state index in [0.717, 1.165) is 5.56 Å². The van der Waals surface area contributed by atoms with E-state index in [9.17, 15) is 13.2 Å². The van der Waals surface area contributed by atoms with Crippen LogP contribution < -0.4 is 4.72 Å². The summed E-state index contributed by atoms with van der Waals surface area (Å²) in [6.07, 6.45) is 4.29. The van der Waals surface area contributed by atoms with E-state index in [0.29, 0.717) is 28.7 Å². The fraction of sp³-hybridized carbons (Fsp3) is 0.120. The number of nitrogens with zero attached hydrogens (tertiary/aromatic N) is 1. The molecule has 0 saturated heterocycles. The van der Waals surface area contributed by atoms with Crippen LogP contribution in [-0.2, 0) is 32.7 Å². The summed E-state index contributed by atoms with van der Waals surface area (Å²) in [7, 11) is -3.69. The second kappa shape index (κ2) is 10.3. The maximum absolute atomic E-state index is 12.4. The molecule has 0 unspecified atom stereocenters. The molecule has 8 nitrogen and oxygen atoms in total. The second-order valence-electron chi connectivity index (χ2n) is 7.30. The summed E-state index contributed by atoms with van der Waals surface area (Å²) in [6, 6.07) is 18.9. The van der Waals surface area contributed by atoms with Gasteiger partial charge in [0.2, 0.25) is 15.9 Å². The standard InChI is InChI=1S/C25H22N2O6S/c1-18-23(27-25(33-18)20-6-3-2-4-7-20)17-32-24(28)14-11-19-9-12-22(13-10-19)34(29,30)26-16-21-8-5-15-31-21/h2-15,26H,16-17H2,1H3/b14-11+. The van der Waals surface area contributed by atoms with Gasteiger partial charge >= 0.3 is 5.97 Å². The molecule has 0 amide bonds. The van der Waals surface area contributed by atoms with Crippen molar-refractivity contribution in [2.75, 3.05) is 0 Å². The fourth-order valence-electron chi connectivity index (χ4n) is 3.04. The zero-order valence-electron chi connectivity index (χ0n) is 18.3. The molecule has 34 heavy (non-hydrogen) atoms. The lowest BCUT2D eigenvalue weighted by Crippen LogP contribution is -2.22. The van der Waals surface area contributed by atoms with Crippen LogP contribution >= 0.6 is 0 Å². The monoisotopic (exact) mass is 478 g/mol. The van der Waals surface area contributed by atoms with Crippen molar-refractivity contribution in [3.63, 3.8) is 0 Å².